The van der Waals surface area contributed by atoms with E-state index in [1.807, 2.05) is 56.1 Å². The lowest BCUT2D eigenvalue weighted by atomic mass is 10.1. The van der Waals surface area contributed by atoms with E-state index in [4.69, 9.17) is 4.74 Å². The molecule has 1 saturated heterocycles. The maximum absolute atomic E-state index is 12.8. The molecule has 2 unspecified atom stereocenters. The van der Waals surface area contributed by atoms with Gasteiger partial charge < -0.3 is 20.3 Å². The summed E-state index contributed by atoms with van der Waals surface area (Å²) in [5, 5.41) is 7.58. The maximum atomic E-state index is 12.8. The van der Waals surface area contributed by atoms with Crippen molar-refractivity contribution in [2.24, 2.45) is 4.99 Å². The minimum Gasteiger partial charge on any atom is -0.372 e. The first-order chi connectivity index (χ1) is 13.9. The number of amides is 1. The zero-order chi connectivity index (χ0) is 20.8. The number of thiazole rings is 1. The fraction of sp³-hybridized carbons (Fsp3) is 0.476. The molecule has 3 rings (SSSR count). The Bertz CT molecular complexity index is 839. The monoisotopic (exact) mass is 415 g/mol. The first-order valence-electron chi connectivity index (χ1n) is 9.84. The molecule has 156 valence electrons. The molecule has 0 spiro atoms. The lowest BCUT2D eigenvalue weighted by Crippen LogP contribution is -2.48. The van der Waals surface area contributed by atoms with Crippen LogP contribution in [0.4, 0.5) is 0 Å². The molecule has 1 amide bonds. The zero-order valence-corrected chi connectivity index (χ0v) is 18.3. The highest BCUT2D eigenvalue weighted by molar-refractivity contribution is 7.11. The fourth-order valence-electron chi connectivity index (χ4n) is 3.34. The number of ether oxygens (including phenoxy) is 1. The number of nitrogens with one attached hydrogen (secondary N) is 2. The summed E-state index contributed by atoms with van der Waals surface area (Å²) in [6.07, 6.45) is 2.01. The van der Waals surface area contributed by atoms with Gasteiger partial charge in [-0.1, -0.05) is 12.1 Å². The fourth-order valence-corrected chi connectivity index (χ4v) is 4.07. The van der Waals surface area contributed by atoms with Crippen LogP contribution in [0.5, 0.6) is 0 Å². The molecule has 2 aromatic rings. The molecule has 0 bridgehead atoms. The van der Waals surface area contributed by atoms with Gasteiger partial charge in [0, 0.05) is 43.3 Å². The summed E-state index contributed by atoms with van der Waals surface area (Å²) in [6, 6.07) is 7.73. The van der Waals surface area contributed by atoms with E-state index in [-0.39, 0.29) is 18.1 Å². The summed E-state index contributed by atoms with van der Waals surface area (Å²) >= 11 is 1.67. The minimum absolute atomic E-state index is 0.0581. The second-order valence-electron chi connectivity index (χ2n) is 7.31. The normalized spacial score (nSPS) is 19.9. The molecule has 1 aromatic heterocycles. The molecule has 7 nitrogen and oxygen atoms in total. The van der Waals surface area contributed by atoms with Crippen molar-refractivity contribution in [3.63, 3.8) is 0 Å². The van der Waals surface area contributed by atoms with Crippen LogP contribution < -0.4 is 10.6 Å². The number of aliphatic imine (C=N–C) groups is 1. The summed E-state index contributed by atoms with van der Waals surface area (Å²) < 4.78 is 5.71. The first-order valence-corrected chi connectivity index (χ1v) is 10.7. The van der Waals surface area contributed by atoms with Gasteiger partial charge in [-0.25, -0.2) is 4.98 Å². The summed E-state index contributed by atoms with van der Waals surface area (Å²) in [5.41, 5.74) is 1.79. The summed E-state index contributed by atoms with van der Waals surface area (Å²) in [4.78, 5) is 24.4. The van der Waals surface area contributed by atoms with Gasteiger partial charge in [0.2, 0.25) is 0 Å². The van der Waals surface area contributed by atoms with E-state index in [9.17, 15) is 4.79 Å². The first kappa shape index (κ1) is 21.3. The number of morpholine rings is 1. The van der Waals surface area contributed by atoms with E-state index in [1.54, 1.807) is 18.4 Å². The number of hydrogen-bond donors (Lipinski definition) is 2. The third-order valence-corrected chi connectivity index (χ3v) is 5.58. The molecule has 29 heavy (non-hydrogen) atoms. The minimum atomic E-state index is 0.0581. The average molecular weight is 416 g/mol. The van der Waals surface area contributed by atoms with Crippen LogP contribution >= 0.6 is 11.3 Å². The number of nitrogens with zero attached hydrogens (tertiary/aromatic N) is 3. The number of hydrogen-bond acceptors (Lipinski definition) is 5. The van der Waals surface area contributed by atoms with E-state index >= 15 is 0 Å². The van der Waals surface area contributed by atoms with Crippen molar-refractivity contribution in [1.29, 1.82) is 0 Å². The van der Waals surface area contributed by atoms with E-state index in [2.05, 4.69) is 20.6 Å². The van der Waals surface area contributed by atoms with Crippen LogP contribution in [-0.2, 0) is 17.8 Å². The molecule has 2 heterocycles. The van der Waals surface area contributed by atoms with Crippen molar-refractivity contribution in [2.75, 3.05) is 20.1 Å². The molecule has 0 saturated carbocycles. The van der Waals surface area contributed by atoms with Gasteiger partial charge in [-0.3, -0.25) is 9.79 Å². The molecule has 8 heteroatoms. The summed E-state index contributed by atoms with van der Waals surface area (Å²) in [7, 11) is 1.74. The van der Waals surface area contributed by atoms with Gasteiger partial charge in [0.1, 0.15) is 5.01 Å². The summed E-state index contributed by atoms with van der Waals surface area (Å²) in [5.74, 6) is 0.775. The molecular formula is C21H29N5O2S. The number of carbonyl (C=O) groups excluding carboxylic acids is 1. The molecule has 1 aliphatic heterocycles. The lowest BCUT2D eigenvalue weighted by Gasteiger charge is -2.35. The van der Waals surface area contributed by atoms with Crippen molar-refractivity contribution in [3.8, 4) is 0 Å². The van der Waals surface area contributed by atoms with Crippen LogP contribution in [0.15, 0.2) is 35.5 Å². The molecular weight excluding hydrogens is 386 g/mol. The molecule has 1 fully saturated rings. The van der Waals surface area contributed by atoms with Gasteiger partial charge >= 0.3 is 0 Å². The number of rotatable bonds is 5. The highest BCUT2D eigenvalue weighted by Gasteiger charge is 2.26. The van der Waals surface area contributed by atoms with Gasteiger partial charge in [-0.15, -0.1) is 11.3 Å². The standard InChI is InChI=1S/C21H29N5O2S/c1-14-12-26(13-15(2)28-14)20(27)18-7-5-17(6-8-18)10-24-21(22-4)25-11-19-23-9-16(3)29-19/h5-9,14-15H,10-13H2,1-4H3,(H2,22,24,25). The predicted octanol–water partition coefficient (Wildman–Crippen LogP) is 2.57. The number of carbonyl (C=O) groups is 1. The Hall–Kier alpha value is -2.45. The molecule has 1 aromatic carbocycles. The van der Waals surface area contributed by atoms with Crippen LogP contribution in [0.25, 0.3) is 0 Å². The van der Waals surface area contributed by atoms with Crippen LogP contribution in [0.1, 0.15) is 39.7 Å². The van der Waals surface area contributed by atoms with Crippen molar-refractivity contribution >= 4 is 23.2 Å². The Morgan fingerprint density at radius 3 is 2.45 bits per heavy atom. The number of guanidine groups is 1. The van der Waals surface area contributed by atoms with E-state index in [1.165, 1.54) is 4.88 Å². The lowest BCUT2D eigenvalue weighted by molar-refractivity contribution is -0.0586. The topological polar surface area (TPSA) is 78.9 Å². The smallest absolute Gasteiger partial charge is 0.254 e. The molecule has 1 aliphatic rings. The summed E-state index contributed by atoms with van der Waals surface area (Å²) in [6.45, 7) is 8.57. The molecule has 2 N–H and O–H groups in total. The average Bonchev–Trinajstić information content (AvgIpc) is 3.12. The van der Waals surface area contributed by atoms with E-state index in [0.29, 0.717) is 37.7 Å². The van der Waals surface area contributed by atoms with Gasteiger partial charge in [0.05, 0.1) is 18.8 Å². The second-order valence-corrected chi connectivity index (χ2v) is 8.63. The zero-order valence-electron chi connectivity index (χ0n) is 17.4. The largest absolute Gasteiger partial charge is 0.372 e. The second kappa shape index (κ2) is 9.84. The van der Waals surface area contributed by atoms with Gasteiger partial charge in [-0.2, -0.15) is 0 Å². The molecule has 0 aliphatic carbocycles. The Balaban J connectivity index is 1.51. The van der Waals surface area contributed by atoms with Crippen LogP contribution in [0.2, 0.25) is 0 Å². The SMILES string of the molecule is CN=C(NCc1ccc(C(=O)N2CC(C)OC(C)C2)cc1)NCc1ncc(C)s1. The maximum Gasteiger partial charge on any atom is 0.254 e. The van der Waals surface area contributed by atoms with Crippen LogP contribution in [0.3, 0.4) is 0 Å². The predicted molar refractivity (Wildman–Crippen MR) is 116 cm³/mol. The highest BCUT2D eigenvalue weighted by Crippen LogP contribution is 2.15. The van der Waals surface area contributed by atoms with Gasteiger partial charge in [-0.05, 0) is 38.5 Å². The van der Waals surface area contributed by atoms with Crippen LogP contribution in [-0.4, -0.2) is 54.1 Å². The van der Waals surface area contributed by atoms with E-state index < -0.39 is 0 Å². The Labute approximate surface area is 176 Å². The Morgan fingerprint density at radius 1 is 1.21 bits per heavy atom. The Kier molecular flexibility index (Phi) is 7.22. The van der Waals surface area contributed by atoms with Crippen molar-refractivity contribution in [2.45, 2.75) is 46.1 Å². The van der Waals surface area contributed by atoms with Crippen molar-refractivity contribution in [1.82, 2.24) is 20.5 Å². The number of aryl methyl sites for hydroxylation is 1. The number of benzene rings is 1. The third kappa shape index (κ3) is 6.01. The number of aromatic nitrogens is 1. The highest BCUT2D eigenvalue weighted by atomic mass is 32.1. The van der Waals surface area contributed by atoms with Crippen molar-refractivity contribution in [3.05, 3.63) is 51.5 Å². The van der Waals surface area contributed by atoms with Gasteiger partial charge in [0.25, 0.3) is 5.91 Å². The van der Waals surface area contributed by atoms with Crippen LogP contribution in [0, 0.1) is 6.92 Å². The Morgan fingerprint density at radius 2 is 1.86 bits per heavy atom. The van der Waals surface area contributed by atoms with Gasteiger partial charge in [0.15, 0.2) is 5.96 Å². The molecule has 2 atom stereocenters. The van der Waals surface area contributed by atoms with Crippen molar-refractivity contribution < 1.29 is 9.53 Å². The molecule has 0 radical (unpaired) electrons. The third-order valence-electron chi connectivity index (χ3n) is 4.67. The van der Waals surface area contributed by atoms with E-state index in [0.717, 1.165) is 10.6 Å². The quantitative estimate of drug-likeness (QED) is 0.580.